The molecule has 5 heteroatoms. The lowest BCUT2D eigenvalue weighted by Crippen LogP contribution is -2.25. The Morgan fingerprint density at radius 1 is 0.971 bits per heavy atom. The van der Waals surface area contributed by atoms with Crippen molar-refractivity contribution in [1.29, 1.82) is 0 Å². The van der Waals surface area contributed by atoms with Crippen LogP contribution in [0.1, 0.15) is 40.4 Å². The van der Waals surface area contributed by atoms with Gasteiger partial charge in [0.1, 0.15) is 5.75 Å². The minimum atomic E-state index is -0.888. The third-order valence-corrected chi connectivity index (χ3v) is 4.89. The summed E-state index contributed by atoms with van der Waals surface area (Å²) < 4.78 is 10.9. The number of ether oxygens (including phenoxy) is 2. The molecule has 0 saturated carbocycles. The van der Waals surface area contributed by atoms with E-state index < -0.39 is 18.9 Å². The Morgan fingerprint density at radius 3 is 2.18 bits per heavy atom. The fraction of sp³-hybridized carbons (Fsp3) is 0.172. The Kier molecular flexibility index (Phi) is 10.5. The number of aliphatic hydroxyl groups is 1. The number of carbonyl (C=O) groups is 2. The fourth-order valence-electron chi connectivity index (χ4n) is 2.92. The van der Waals surface area contributed by atoms with Gasteiger partial charge in [-0.1, -0.05) is 92.9 Å². The van der Waals surface area contributed by atoms with Crippen LogP contribution in [-0.2, 0) is 9.53 Å². The molecule has 0 heterocycles. The number of esters is 1. The van der Waals surface area contributed by atoms with Gasteiger partial charge < -0.3 is 14.6 Å². The number of carbonyl (C=O) groups excluding carboxylic acids is 2. The summed E-state index contributed by atoms with van der Waals surface area (Å²) in [4.78, 5) is 24.4. The molecule has 0 aliphatic carbocycles. The standard InChI is InChI=1S/C20H20O5.C9H10/c1-3-18(25-20(23)14(2)13-21)24-17-12-8-7-11-16(17)19(22)15-9-5-4-6-10-15;1-3-9-7-5-4-6-8(9)2/h4-12,18,21H,2-3,13H2,1H3;3-7H,1H2,2H3. The van der Waals surface area contributed by atoms with E-state index in [0.29, 0.717) is 23.3 Å². The minimum absolute atomic E-state index is 0.0595. The van der Waals surface area contributed by atoms with Crippen molar-refractivity contribution in [2.75, 3.05) is 6.61 Å². The largest absolute Gasteiger partial charge is 0.454 e. The number of aliphatic hydroxyl groups excluding tert-OH is 1. The molecule has 0 aliphatic rings. The van der Waals surface area contributed by atoms with Crippen LogP contribution in [0.4, 0.5) is 0 Å². The van der Waals surface area contributed by atoms with Gasteiger partial charge in [-0.05, 0) is 30.2 Å². The molecule has 3 aromatic carbocycles. The molecule has 1 unspecified atom stereocenters. The molecular weight excluding hydrogens is 428 g/mol. The zero-order valence-corrected chi connectivity index (χ0v) is 19.6. The molecule has 0 amide bonds. The molecule has 0 saturated heterocycles. The lowest BCUT2D eigenvalue weighted by molar-refractivity contribution is -0.159. The summed E-state index contributed by atoms with van der Waals surface area (Å²) in [5.41, 5.74) is 3.36. The van der Waals surface area contributed by atoms with Gasteiger partial charge in [0.25, 0.3) is 0 Å². The van der Waals surface area contributed by atoms with Gasteiger partial charge >= 0.3 is 5.97 Å². The van der Waals surface area contributed by atoms with Crippen LogP contribution < -0.4 is 4.74 Å². The first-order valence-corrected chi connectivity index (χ1v) is 10.9. The highest BCUT2D eigenvalue weighted by atomic mass is 16.7. The number of aryl methyl sites for hydroxylation is 1. The molecule has 1 atom stereocenters. The van der Waals surface area contributed by atoms with Crippen LogP contribution in [0.3, 0.4) is 0 Å². The molecule has 1 N–H and O–H groups in total. The zero-order chi connectivity index (χ0) is 24.9. The van der Waals surface area contributed by atoms with Crippen LogP contribution in [0, 0.1) is 6.92 Å². The molecule has 0 radical (unpaired) electrons. The van der Waals surface area contributed by atoms with Crippen molar-refractivity contribution >= 4 is 17.8 Å². The number of ketones is 1. The second kappa shape index (κ2) is 13.6. The number of benzene rings is 3. The molecule has 34 heavy (non-hydrogen) atoms. The monoisotopic (exact) mass is 458 g/mol. The molecule has 3 rings (SSSR count). The van der Waals surface area contributed by atoms with E-state index in [-0.39, 0.29) is 11.4 Å². The van der Waals surface area contributed by atoms with E-state index in [2.05, 4.69) is 32.2 Å². The summed E-state index contributed by atoms with van der Waals surface area (Å²) in [5.74, 6) is -0.594. The smallest absolute Gasteiger partial charge is 0.338 e. The first-order chi connectivity index (χ1) is 16.4. The van der Waals surface area contributed by atoms with Crippen molar-refractivity contribution < 1.29 is 24.2 Å². The predicted octanol–water partition coefficient (Wildman–Crippen LogP) is 5.76. The zero-order valence-electron chi connectivity index (χ0n) is 19.6. The quantitative estimate of drug-likeness (QED) is 0.191. The molecule has 5 nitrogen and oxygen atoms in total. The number of rotatable bonds is 9. The summed E-state index contributed by atoms with van der Waals surface area (Å²) in [6.07, 6.45) is 1.36. The Balaban J connectivity index is 0.000000379. The summed E-state index contributed by atoms with van der Waals surface area (Å²) in [6.45, 7) is 10.5. The molecule has 0 bridgehead atoms. The van der Waals surface area contributed by atoms with Crippen LogP contribution >= 0.6 is 0 Å². The number of hydrogen-bond acceptors (Lipinski definition) is 5. The molecule has 0 fully saturated rings. The molecule has 3 aromatic rings. The lowest BCUT2D eigenvalue weighted by Gasteiger charge is -2.20. The van der Waals surface area contributed by atoms with E-state index in [1.54, 1.807) is 55.5 Å². The highest BCUT2D eigenvalue weighted by Crippen LogP contribution is 2.24. The Labute approximate surface area is 201 Å². The molecule has 176 valence electrons. The summed E-state index contributed by atoms with van der Waals surface area (Å²) >= 11 is 0. The van der Waals surface area contributed by atoms with Crippen molar-refractivity contribution in [3.8, 4) is 5.75 Å². The maximum atomic E-state index is 12.7. The third-order valence-electron chi connectivity index (χ3n) is 4.89. The summed E-state index contributed by atoms with van der Waals surface area (Å²) in [5, 5.41) is 8.94. The molecular formula is C29H30O5. The van der Waals surface area contributed by atoms with E-state index in [1.165, 1.54) is 11.1 Å². The van der Waals surface area contributed by atoms with Gasteiger partial charge in [-0.2, -0.15) is 0 Å². The van der Waals surface area contributed by atoms with Crippen LogP contribution in [-0.4, -0.2) is 29.8 Å². The van der Waals surface area contributed by atoms with Gasteiger partial charge in [0.2, 0.25) is 6.29 Å². The normalized spacial score (nSPS) is 10.8. The molecule has 0 spiro atoms. The second-order valence-corrected chi connectivity index (χ2v) is 7.37. The Hall–Kier alpha value is -3.96. The third kappa shape index (κ3) is 7.57. The highest BCUT2D eigenvalue weighted by molar-refractivity contribution is 6.10. The van der Waals surface area contributed by atoms with Crippen molar-refractivity contribution in [3.63, 3.8) is 0 Å². The molecule has 0 aliphatic heterocycles. The predicted molar refractivity (Wildman–Crippen MR) is 135 cm³/mol. The van der Waals surface area contributed by atoms with E-state index in [1.807, 2.05) is 24.3 Å². The fourth-order valence-corrected chi connectivity index (χ4v) is 2.92. The van der Waals surface area contributed by atoms with Crippen LogP contribution in [0.15, 0.2) is 97.6 Å². The van der Waals surface area contributed by atoms with Gasteiger partial charge in [-0.3, -0.25) is 4.79 Å². The summed E-state index contributed by atoms with van der Waals surface area (Å²) in [6, 6.07) is 23.8. The number of hydrogen-bond donors (Lipinski definition) is 1. The maximum absolute atomic E-state index is 12.7. The average Bonchev–Trinajstić information content (AvgIpc) is 2.88. The van der Waals surface area contributed by atoms with Gasteiger partial charge in [0, 0.05) is 12.0 Å². The lowest BCUT2D eigenvalue weighted by atomic mass is 10.0. The first kappa shape index (κ1) is 26.3. The van der Waals surface area contributed by atoms with Crippen molar-refractivity contribution in [1.82, 2.24) is 0 Å². The summed E-state index contributed by atoms with van der Waals surface area (Å²) in [7, 11) is 0. The SMILES string of the molecule is C=C(CO)C(=O)OC(CC)Oc1ccccc1C(=O)c1ccccc1.C=Cc1ccccc1C. The van der Waals surface area contributed by atoms with Gasteiger partial charge in [-0.25, -0.2) is 4.79 Å². The van der Waals surface area contributed by atoms with Crippen molar-refractivity contribution in [2.45, 2.75) is 26.6 Å². The van der Waals surface area contributed by atoms with E-state index in [0.717, 1.165) is 0 Å². The van der Waals surface area contributed by atoms with Gasteiger partial charge in [-0.15, -0.1) is 0 Å². The second-order valence-electron chi connectivity index (χ2n) is 7.37. The Morgan fingerprint density at radius 2 is 1.59 bits per heavy atom. The van der Waals surface area contributed by atoms with E-state index in [4.69, 9.17) is 14.6 Å². The maximum Gasteiger partial charge on any atom is 0.338 e. The van der Waals surface area contributed by atoms with Crippen LogP contribution in [0.5, 0.6) is 5.75 Å². The van der Waals surface area contributed by atoms with Crippen LogP contribution in [0.2, 0.25) is 0 Å². The molecule has 0 aromatic heterocycles. The first-order valence-electron chi connectivity index (χ1n) is 10.9. The van der Waals surface area contributed by atoms with Crippen LogP contribution in [0.25, 0.3) is 6.08 Å². The van der Waals surface area contributed by atoms with Gasteiger partial charge in [0.15, 0.2) is 5.78 Å². The van der Waals surface area contributed by atoms with Crippen molar-refractivity contribution in [2.24, 2.45) is 0 Å². The van der Waals surface area contributed by atoms with Gasteiger partial charge in [0.05, 0.1) is 17.7 Å². The Bertz CT molecular complexity index is 1120. The van der Waals surface area contributed by atoms with E-state index in [9.17, 15) is 9.59 Å². The van der Waals surface area contributed by atoms with E-state index >= 15 is 0 Å². The highest BCUT2D eigenvalue weighted by Gasteiger charge is 2.20. The number of para-hydroxylation sites is 1. The topological polar surface area (TPSA) is 72.8 Å². The minimum Gasteiger partial charge on any atom is -0.454 e. The van der Waals surface area contributed by atoms with Crippen molar-refractivity contribution in [3.05, 3.63) is 120 Å². The average molecular weight is 459 g/mol.